The smallest absolute Gasteiger partial charge is 0.155 e. The minimum absolute atomic E-state index is 0.0316. The third kappa shape index (κ3) is 3.66. The molecule has 32 heavy (non-hydrogen) atoms. The van der Waals surface area contributed by atoms with E-state index in [9.17, 15) is 9.90 Å². The number of rotatable bonds is 4. The Labute approximate surface area is 189 Å². The molecular weight excluding hydrogens is 404 g/mol. The number of hydrogen-bond acceptors (Lipinski definition) is 6. The molecule has 7 nitrogen and oxygen atoms in total. The summed E-state index contributed by atoms with van der Waals surface area (Å²) in [4.78, 5) is 14.3. The van der Waals surface area contributed by atoms with Gasteiger partial charge in [0.1, 0.15) is 25.9 Å². The van der Waals surface area contributed by atoms with Crippen LogP contribution in [0.4, 0.5) is 17.1 Å². The second-order valence-corrected chi connectivity index (χ2v) is 9.15. The number of ether oxygens (including phenoxy) is 1. The third-order valence-electron chi connectivity index (χ3n) is 6.95. The Hall–Kier alpha value is -3.22. The topological polar surface area (TPSA) is 93.7 Å². The van der Waals surface area contributed by atoms with Gasteiger partial charge in [0.25, 0.3) is 0 Å². The van der Waals surface area contributed by atoms with Gasteiger partial charge in [-0.1, -0.05) is 12.1 Å². The van der Waals surface area contributed by atoms with Crippen LogP contribution >= 0.6 is 0 Å². The molecule has 3 atom stereocenters. The van der Waals surface area contributed by atoms with Crippen molar-refractivity contribution in [3.8, 4) is 5.75 Å². The maximum Gasteiger partial charge on any atom is 0.155 e. The second kappa shape index (κ2) is 8.37. The van der Waals surface area contributed by atoms with Crippen molar-refractivity contribution in [2.45, 2.75) is 31.3 Å². The molecule has 0 spiro atoms. The van der Waals surface area contributed by atoms with Crippen molar-refractivity contribution in [3.63, 3.8) is 0 Å². The molecule has 2 aromatic carbocycles. The zero-order chi connectivity index (χ0) is 23.2. The second-order valence-electron chi connectivity index (χ2n) is 9.15. The first kappa shape index (κ1) is 22.0. The van der Waals surface area contributed by atoms with Gasteiger partial charge in [0.15, 0.2) is 5.71 Å². The van der Waals surface area contributed by atoms with Crippen molar-refractivity contribution in [2.24, 2.45) is 5.92 Å². The molecule has 1 aliphatic heterocycles. The molecular formula is C25H32N4O3. The molecule has 170 valence electrons. The number of carbonyl (C=O) groups excluding carboxylic acids is 1. The van der Waals surface area contributed by atoms with Gasteiger partial charge in [-0.25, -0.2) is 4.58 Å². The first-order chi connectivity index (χ1) is 15.2. The lowest BCUT2D eigenvalue weighted by Crippen LogP contribution is -2.43. The van der Waals surface area contributed by atoms with E-state index in [2.05, 4.69) is 36.1 Å². The highest BCUT2D eigenvalue weighted by Gasteiger charge is 2.44. The van der Waals surface area contributed by atoms with E-state index in [-0.39, 0.29) is 29.2 Å². The van der Waals surface area contributed by atoms with Crippen LogP contribution in [-0.4, -0.2) is 57.6 Å². The minimum Gasteiger partial charge on any atom is -0.545 e. The predicted molar refractivity (Wildman–Crippen MR) is 126 cm³/mol. The molecule has 7 heteroatoms. The average molecular weight is 437 g/mol. The molecule has 3 N–H and O–H groups in total. The van der Waals surface area contributed by atoms with E-state index >= 15 is 0 Å². The van der Waals surface area contributed by atoms with Gasteiger partial charge in [0, 0.05) is 62.3 Å². The highest BCUT2D eigenvalue weighted by atomic mass is 16.5. The molecule has 1 saturated carbocycles. The van der Waals surface area contributed by atoms with E-state index in [0.29, 0.717) is 11.3 Å². The van der Waals surface area contributed by atoms with E-state index < -0.39 is 5.97 Å². The van der Waals surface area contributed by atoms with Gasteiger partial charge in [-0.05, 0) is 24.1 Å². The van der Waals surface area contributed by atoms with Crippen molar-refractivity contribution < 1.29 is 19.2 Å². The summed E-state index contributed by atoms with van der Waals surface area (Å²) in [7, 11) is 9.86. The van der Waals surface area contributed by atoms with Gasteiger partial charge in [-0.15, -0.1) is 0 Å². The summed E-state index contributed by atoms with van der Waals surface area (Å²) >= 11 is 0. The summed E-state index contributed by atoms with van der Waals surface area (Å²) in [6, 6.07) is 9.91. The van der Waals surface area contributed by atoms with E-state index in [4.69, 9.17) is 10.5 Å². The van der Waals surface area contributed by atoms with E-state index in [1.165, 1.54) is 5.71 Å². The lowest BCUT2D eigenvalue weighted by atomic mass is 9.68. The average Bonchev–Trinajstić information content (AvgIpc) is 2.76. The summed E-state index contributed by atoms with van der Waals surface area (Å²) in [6.07, 6.45) is 2.67. The number of nitrogen functional groups attached to an aromatic ring is 1. The summed E-state index contributed by atoms with van der Waals surface area (Å²) in [6.45, 7) is 0. The van der Waals surface area contributed by atoms with Crippen molar-refractivity contribution in [1.82, 2.24) is 0 Å². The van der Waals surface area contributed by atoms with Crippen LogP contribution in [0, 0.1) is 5.92 Å². The molecule has 1 aliphatic carbocycles. The molecule has 2 aromatic rings. The van der Waals surface area contributed by atoms with Crippen LogP contribution in [0.15, 0.2) is 30.3 Å². The van der Waals surface area contributed by atoms with E-state index in [0.717, 1.165) is 36.3 Å². The summed E-state index contributed by atoms with van der Waals surface area (Å²) in [5.41, 5.74) is 11.3. The van der Waals surface area contributed by atoms with Crippen LogP contribution in [-0.2, 0) is 0 Å². The lowest BCUT2D eigenvalue weighted by Gasteiger charge is -2.43. The van der Waals surface area contributed by atoms with Crippen LogP contribution in [0.25, 0.3) is 0 Å². The minimum atomic E-state index is -1.25. The molecule has 0 radical (unpaired) electrons. The maximum atomic E-state index is 12.2. The molecule has 4 rings (SSSR count). The number of hydrogen-bond donors (Lipinski definition) is 2. The van der Waals surface area contributed by atoms with Crippen molar-refractivity contribution >= 4 is 28.7 Å². The number of fused-ring (bicyclic) bond motifs is 2. The highest BCUT2D eigenvalue weighted by molar-refractivity contribution is 5.98. The van der Waals surface area contributed by atoms with Crippen LogP contribution in [0.5, 0.6) is 5.75 Å². The Morgan fingerprint density at radius 2 is 1.94 bits per heavy atom. The quantitative estimate of drug-likeness (QED) is 0.564. The number of nitrogens with one attached hydrogen (secondary N) is 1. The summed E-state index contributed by atoms with van der Waals surface area (Å²) < 4.78 is 8.73. The van der Waals surface area contributed by atoms with E-state index in [1.54, 1.807) is 7.05 Å². The van der Waals surface area contributed by atoms with Crippen molar-refractivity contribution in [1.29, 1.82) is 0 Å². The Balaban J connectivity index is 1.92. The number of benzene rings is 2. The Bertz CT molecular complexity index is 1090. The van der Waals surface area contributed by atoms with Gasteiger partial charge in [-0.2, -0.15) is 0 Å². The van der Waals surface area contributed by atoms with Gasteiger partial charge in [0.05, 0.1) is 23.8 Å². The van der Waals surface area contributed by atoms with Crippen LogP contribution in [0.1, 0.15) is 46.7 Å². The highest BCUT2D eigenvalue weighted by Crippen LogP contribution is 2.50. The molecule has 0 bridgehead atoms. The predicted octanol–water partition coefficient (Wildman–Crippen LogP) is 2.15. The molecule has 0 aromatic heterocycles. The summed E-state index contributed by atoms with van der Waals surface area (Å²) in [5, 5.41) is 15.2. The van der Waals surface area contributed by atoms with Gasteiger partial charge < -0.3 is 30.6 Å². The fraction of sp³-hybridized carbons (Fsp3) is 0.440. The number of nitrogens with two attached hydrogens (primary N) is 1. The molecule has 0 amide bonds. The zero-order valence-corrected chi connectivity index (χ0v) is 19.4. The van der Waals surface area contributed by atoms with Gasteiger partial charge in [0.2, 0.25) is 0 Å². The molecule has 0 saturated heterocycles. The van der Waals surface area contributed by atoms with Gasteiger partial charge in [-0.3, -0.25) is 0 Å². The van der Waals surface area contributed by atoms with Gasteiger partial charge >= 0.3 is 0 Å². The largest absolute Gasteiger partial charge is 0.545 e. The number of carbonyl (C=O) groups is 1. The van der Waals surface area contributed by atoms with E-state index in [1.807, 2.05) is 37.2 Å². The molecule has 2 aliphatic rings. The molecule has 1 fully saturated rings. The first-order valence-corrected chi connectivity index (χ1v) is 11.0. The fourth-order valence-electron chi connectivity index (χ4n) is 5.21. The van der Waals surface area contributed by atoms with Crippen LogP contribution in [0.2, 0.25) is 0 Å². The first-order valence-electron chi connectivity index (χ1n) is 11.0. The number of aromatic carboxylic acids is 1. The third-order valence-corrected chi connectivity index (χ3v) is 6.95. The zero-order valence-electron chi connectivity index (χ0n) is 19.4. The van der Waals surface area contributed by atoms with Crippen molar-refractivity contribution in [3.05, 3.63) is 47.0 Å². The Morgan fingerprint density at radius 3 is 2.56 bits per heavy atom. The standard InChI is InChI=1S/C25H32N4O3/c1-27-19-11-10-18(23(24(19)26)25(30)31)22-16-8-6-14(28(2)3)12-20(16)32-21-13-15(29(4)5)7-9-17(21)22/h6,8,10-12,17,21-22,27H,7,9,13,26H2,1-5H3. The fourth-order valence-corrected chi connectivity index (χ4v) is 5.21. The van der Waals surface area contributed by atoms with Crippen LogP contribution < -0.4 is 25.8 Å². The summed E-state index contributed by atoms with van der Waals surface area (Å²) in [5.74, 6) is -0.428. The SMILES string of the molecule is CNc1ccc(C2c3ccc(N(C)C)cc3OC3CC(=[N+](C)C)CCC32)c(C(=O)[O-])c1N. The lowest BCUT2D eigenvalue weighted by molar-refractivity contribution is -0.468. The molecule has 1 heterocycles. The number of carboxylic acid groups (broad SMARTS) is 1. The monoisotopic (exact) mass is 436 g/mol. The normalized spacial score (nSPS) is 21.8. The number of anilines is 3. The Kier molecular flexibility index (Phi) is 5.75. The van der Waals surface area contributed by atoms with Crippen molar-refractivity contribution in [2.75, 3.05) is 51.2 Å². The Morgan fingerprint density at radius 1 is 1.22 bits per heavy atom. The van der Waals surface area contributed by atoms with Crippen LogP contribution in [0.3, 0.4) is 0 Å². The number of nitrogens with zero attached hydrogens (tertiary/aromatic N) is 2. The molecule has 3 unspecified atom stereocenters. The number of carboxylic acids is 1. The maximum absolute atomic E-state index is 12.2.